The Kier molecular flexibility index (Phi) is 10.1. The van der Waals surface area contributed by atoms with Crippen LogP contribution in [0.1, 0.15) is 71.1 Å². The Morgan fingerprint density at radius 1 is 1.14 bits per heavy atom. The first-order valence-electron chi connectivity index (χ1n) is 17.2. The largest absolute Gasteiger partial charge is 0.389 e. The van der Waals surface area contributed by atoms with Gasteiger partial charge in [-0.2, -0.15) is 0 Å². The monoisotopic (exact) mass is 718 g/mol. The van der Waals surface area contributed by atoms with Gasteiger partial charge < -0.3 is 30.6 Å². The van der Waals surface area contributed by atoms with E-state index < -0.39 is 0 Å². The first kappa shape index (κ1) is 34.1. The smallest absolute Gasteiger partial charge is 0.271 e. The zero-order valence-corrected chi connectivity index (χ0v) is 30.2. The normalized spacial score (nSPS) is 18.4. The average molecular weight is 719 g/mol. The van der Waals surface area contributed by atoms with Gasteiger partial charge in [0, 0.05) is 72.4 Å². The van der Waals surface area contributed by atoms with Crippen molar-refractivity contribution in [2.24, 2.45) is 17.1 Å². The van der Waals surface area contributed by atoms with Gasteiger partial charge in [0.05, 0.1) is 16.0 Å². The van der Waals surface area contributed by atoms with Gasteiger partial charge in [-0.3, -0.25) is 9.59 Å². The third-order valence-electron chi connectivity index (χ3n) is 10.8. The van der Waals surface area contributed by atoms with E-state index in [0.29, 0.717) is 28.8 Å². The summed E-state index contributed by atoms with van der Waals surface area (Å²) in [6, 6.07) is 12.5. The number of rotatable bonds is 10. The molecule has 258 valence electrons. The van der Waals surface area contributed by atoms with Crippen LogP contribution in [-0.4, -0.2) is 70.6 Å². The minimum Gasteiger partial charge on any atom is -0.389 e. The van der Waals surface area contributed by atoms with E-state index in [1.165, 1.54) is 11.3 Å². The fourth-order valence-corrected chi connectivity index (χ4v) is 8.93. The molecule has 0 atom stereocenters. The average Bonchev–Trinajstić information content (AvgIpc) is 3.72. The number of halogens is 1. The summed E-state index contributed by atoms with van der Waals surface area (Å²) in [5, 5.41) is 7.96. The highest BCUT2D eigenvalue weighted by molar-refractivity contribution is 7.80. The van der Waals surface area contributed by atoms with Crippen molar-refractivity contribution in [2.75, 3.05) is 39.4 Å². The first-order valence-corrected chi connectivity index (χ1v) is 18.9. The van der Waals surface area contributed by atoms with Gasteiger partial charge in [0.1, 0.15) is 10.7 Å². The van der Waals surface area contributed by atoms with Gasteiger partial charge in [-0.25, -0.2) is 4.98 Å². The Hall–Kier alpha value is -3.35. The maximum atomic E-state index is 13.3. The molecule has 2 aromatic heterocycles. The zero-order valence-electron chi connectivity index (χ0n) is 27.8. The van der Waals surface area contributed by atoms with E-state index in [0.717, 1.165) is 109 Å². The van der Waals surface area contributed by atoms with E-state index in [1.807, 2.05) is 31.2 Å². The Labute approximate surface area is 301 Å². The maximum Gasteiger partial charge on any atom is 0.271 e. The number of carbonyl (C=O) groups excluding carboxylic acids is 2. The van der Waals surface area contributed by atoms with Crippen molar-refractivity contribution in [1.29, 1.82) is 0 Å². The lowest BCUT2D eigenvalue weighted by molar-refractivity contribution is -0.135. The Morgan fingerprint density at radius 2 is 1.92 bits per heavy atom. The second kappa shape index (κ2) is 14.5. The Morgan fingerprint density at radius 3 is 2.63 bits per heavy atom. The lowest BCUT2D eigenvalue weighted by Crippen LogP contribution is -2.51. The van der Waals surface area contributed by atoms with E-state index in [2.05, 4.69) is 43.4 Å². The molecule has 2 aliphatic heterocycles. The van der Waals surface area contributed by atoms with E-state index in [9.17, 15) is 9.59 Å². The minimum absolute atomic E-state index is 0.0355. The quantitative estimate of drug-likeness (QED) is 0.166. The summed E-state index contributed by atoms with van der Waals surface area (Å²) in [7, 11) is 0. The number of nitrogens with two attached hydrogens (primary N) is 1. The van der Waals surface area contributed by atoms with Gasteiger partial charge in [0.15, 0.2) is 0 Å². The van der Waals surface area contributed by atoms with Crippen LogP contribution >= 0.6 is 35.2 Å². The molecule has 4 aromatic rings. The number of carbonyl (C=O) groups is 2. The van der Waals surface area contributed by atoms with Crippen LogP contribution in [0.4, 0.5) is 0 Å². The van der Waals surface area contributed by atoms with Crippen molar-refractivity contribution < 1.29 is 14.3 Å². The molecule has 4 heterocycles. The van der Waals surface area contributed by atoms with Crippen molar-refractivity contribution in [3.63, 3.8) is 0 Å². The first-order chi connectivity index (χ1) is 23.7. The van der Waals surface area contributed by atoms with Crippen molar-refractivity contribution in [2.45, 2.75) is 58.0 Å². The highest BCUT2D eigenvalue weighted by atomic mass is 35.5. The summed E-state index contributed by atoms with van der Waals surface area (Å²) < 4.78 is 7.98. The predicted octanol–water partition coefficient (Wildman–Crippen LogP) is 6.25. The number of amides is 2. The molecule has 3 fully saturated rings. The molecule has 0 radical (unpaired) electrons. The molecule has 1 spiro atoms. The summed E-state index contributed by atoms with van der Waals surface area (Å²) in [5.74, 6) is 0.0473. The molecule has 1 aliphatic carbocycles. The zero-order chi connectivity index (χ0) is 34.1. The number of aromatic nitrogens is 2. The summed E-state index contributed by atoms with van der Waals surface area (Å²) in [6.07, 6.45) is 8.07. The third-order valence-corrected chi connectivity index (χ3v) is 12.2. The number of fused-ring (bicyclic) bond motifs is 1. The van der Waals surface area contributed by atoms with Crippen LogP contribution in [0, 0.1) is 18.3 Å². The molecule has 0 bridgehead atoms. The Balaban J connectivity index is 0.961. The molecule has 0 unspecified atom stereocenters. The number of hydrogen-bond acceptors (Lipinski definition) is 7. The highest BCUT2D eigenvalue weighted by Gasteiger charge is 2.48. The fraction of sp³-hybridized carbons (Fsp3) is 0.459. The molecular weight excluding hydrogens is 676 g/mol. The van der Waals surface area contributed by atoms with Gasteiger partial charge in [-0.05, 0) is 81.1 Å². The third kappa shape index (κ3) is 7.14. The molecule has 49 heavy (non-hydrogen) atoms. The predicted molar refractivity (Wildman–Crippen MR) is 199 cm³/mol. The number of aryl methyl sites for hydroxylation is 1. The standard InChI is InChI=1S/C37H43ClN6O3S2/c1-23-32(42-22-49-23)36(46)40-11-14-43-12-9-37(10-13-43)18-27(19-37)35(45)41-20-26-5-6-29-30(24-3-2-4-25(17-24)34(39)48)21-44(33(29)31(26)38)28-7-15-47-16-8-28/h2-6,17,21-22,27-28H,7-16,18-20H2,1H3,(H2,39,48)(H,40,46)(H,41,45). The molecule has 3 aliphatic rings. The second-order valence-electron chi connectivity index (χ2n) is 13.9. The maximum absolute atomic E-state index is 13.3. The van der Waals surface area contributed by atoms with Gasteiger partial charge >= 0.3 is 0 Å². The van der Waals surface area contributed by atoms with Crippen LogP contribution in [0.15, 0.2) is 48.1 Å². The van der Waals surface area contributed by atoms with Gasteiger partial charge in [0.25, 0.3) is 5.91 Å². The number of benzene rings is 2. The summed E-state index contributed by atoms with van der Waals surface area (Å²) >= 11 is 13.9. The second-order valence-corrected chi connectivity index (χ2v) is 15.7. The van der Waals surface area contributed by atoms with Crippen LogP contribution in [-0.2, 0) is 16.1 Å². The molecule has 9 nitrogen and oxygen atoms in total. The lowest BCUT2D eigenvalue weighted by Gasteiger charge is -2.51. The molecule has 2 amide bonds. The number of hydrogen-bond donors (Lipinski definition) is 3. The lowest BCUT2D eigenvalue weighted by atomic mass is 9.57. The van der Waals surface area contributed by atoms with Crippen molar-refractivity contribution in [3.8, 4) is 11.1 Å². The van der Waals surface area contributed by atoms with Crippen molar-refractivity contribution in [3.05, 3.63) is 74.8 Å². The summed E-state index contributed by atoms with van der Waals surface area (Å²) in [4.78, 5) is 33.6. The summed E-state index contributed by atoms with van der Waals surface area (Å²) in [6.45, 7) is 7.17. The minimum atomic E-state index is -0.0986. The van der Waals surface area contributed by atoms with E-state index in [-0.39, 0.29) is 29.2 Å². The molecular formula is C37H43ClN6O3S2. The fourth-order valence-electron chi connectivity index (χ4n) is 7.90. The van der Waals surface area contributed by atoms with Crippen molar-refractivity contribution in [1.82, 2.24) is 25.1 Å². The molecule has 1 saturated carbocycles. The number of nitrogens with zero attached hydrogens (tertiary/aromatic N) is 3. The van der Waals surface area contributed by atoms with Gasteiger partial charge in [-0.15, -0.1) is 11.3 Å². The van der Waals surface area contributed by atoms with Gasteiger partial charge in [-0.1, -0.05) is 54.2 Å². The van der Waals surface area contributed by atoms with Crippen molar-refractivity contribution >= 4 is 62.9 Å². The molecule has 7 rings (SSSR count). The number of thiazole rings is 1. The number of piperidine rings is 1. The van der Waals surface area contributed by atoms with Crippen LogP contribution in [0.5, 0.6) is 0 Å². The van der Waals surface area contributed by atoms with E-state index >= 15 is 0 Å². The highest BCUT2D eigenvalue weighted by Crippen LogP contribution is 2.52. The van der Waals surface area contributed by atoms with Crippen LogP contribution in [0.3, 0.4) is 0 Å². The van der Waals surface area contributed by atoms with Gasteiger partial charge in [0.2, 0.25) is 5.91 Å². The molecule has 2 aromatic carbocycles. The topological polar surface area (TPSA) is 115 Å². The number of likely N-dealkylation sites (tertiary alicyclic amines) is 1. The molecule has 4 N–H and O–H groups in total. The number of thiocarbonyl (C=S) groups is 1. The molecule has 12 heteroatoms. The van der Waals surface area contributed by atoms with E-state index in [1.54, 1.807) is 5.51 Å². The van der Waals surface area contributed by atoms with Crippen LogP contribution in [0.25, 0.3) is 22.0 Å². The number of ether oxygens (including phenoxy) is 1. The SMILES string of the molecule is Cc1scnc1C(=O)NCCN1CCC2(CC1)CC(C(=O)NCc1ccc3c(-c4cccc(C(N)=S)c4)cn(C4CCOCC4)c3c1Cl)C2. The number of nitrogens with one attached hydrogen (secondary N) is 2. The van der Waals surface area contributed by atoms with E-state index in [4.69, 9.17) is 34.3 Å². The van der Waals surface area contributed by atoms with Crippen LogP contribution < -0.4 is 16.4 Å². The summed E-state index contributed by atoms with van der Waals surface area (Å²) in [5.41, 5.74) is 13.3. The molecule has 2 saturated heterocycles. The Bertz CT molecular complexity index is 1870. The van der Waals surface area contributed by atoms with Crippen LogP contribution in [0.2, 0.25) is 5.02 Å².